The van der Waals surface area contributed by atoms with Gasteiger partial charge in [0.25, 0.3) is 0 Å². The zero-order valence-electron chi connectivity index (χ0n) is 21.8. The zero-order chi connectivity index (χ0) is 25.2. The van der Waals surface area contributed by atoms with E-state index in [4.69, 9.17) is 18.7 Å². The first-order valence-corrected chi connectivity index (χ1v) is 12.7. The lowest BCUT2D eigenvalue weighted by Gasteiger charge is -2.47. The highest BCUT2D eigenvalue weighted by Crippen LogP contribution is 2.36. The third kappa shape index (κ3) is 3.92. The van der Waals surface area contributed by atoms with Gasteiger partial charge in [0.2, 0.25) is 5.91 Å². The van der Waals surface area contributed by atoms with Crippen molar-refractivity contribution in [3.8, 4) is 0 Å². The number of carbonyl (C=O) groups excluding carboxylic acids is 1. The van der Waals surface area contributed by atoms with Crippen LogP contribution in [-0.2, 0) is 17.6 Å². The molecule has 2 aromatic carbocycles. The molecule has 0 aliphatic carbocycles. The van der Waals surface area contributed by atoms with Gasteiger partial charge in [-0.3, -0.25) is 9.69 Å². The summed E-state index contributed by atoms with van der Waals surface area (Å²) in [6.45, 7) is 10.6. The van der Waals surface area contributed by atoms with Crippen molar-refractivity contribution < 1.29 is 7.54 Å². The fourth-order valence-corrected chi connectivity index (χ4v) is 6.72. The lowest BCUT2D eigenvalue weighted by atomic mass is 9.97. The molecule has 3 aromatic rings. The van der Waals surface area contributed by atoms with Gasteiger partial charge in [-0.15, -0.1) is 0 Å². The Morgan fingerprint density at radius 2 is 2.00 bits per heavy atom. The van der Waals surface area contributed by atoms with Crippen LogP contribution in [0.3, 0.4) is 0 Å². The third-order valence-corrected chi connectivity index (χ3v) is 8.23. The van der Waals surface area contributed by atoms with E-state index in [1.54, 1.807) is 18.6 Å². The summed E-state index contributed by atoms with van der Waals surface area (Å²) in [4.78, 5) is 18.6. The minimum absolute atomic E-state index is 0.0913. The number of hydrogen-bond donors (Lipinski definition) is 0. The van der Waals surface area contributed by atoms with Crippen LogP contribution in [0.25, 0.3) is 10.1 Å². The van der Waals surface area contributed by atoms with Gasteiger partial charge in [-0.05, 0) is 74.4 Å². The maximum absolute atomic E-state index is 12.2. The van der Waals surface area contributed by atoms with E-state index in [-0.39, 0.29) is 36.5 Å². The van der Waals surface area contributed by atoms with Crippen LogP contribution >= 0.6 is 23.1 Å². The number of likely N-dealkylation sites (N-methyl/N-ethyl adjacent to an activating group) is 1. The van der Waals surface area contributed by atoms with E-state index in [9.17, 15) is 4.79 Å². The van der Waals surface area contributed by atoms with Gasteiger partial charge in [0, 0.05) is 54.4 Å². The number of fused-ring (bicyclic) bond motifs is 2. The number of anilines is 2. The SMILES string of the molecule is [2H]c1c(CC(C)N2C(C)CN(c3nsc4cccc(C)c34)CC2C)c(Cl)c([2H])c2c1CC(=O)N2C. The highest BCUT2D eigenvalue weighted by Gasteiger charge is 2.35. The molecule has 1 saturated heterocycles. The lowest BCUT2D eigenvalue weighted by molar-refractivity contribution is -0.117. The number of aryl methyl sites for hydroxylation is 1. The number of halogens is 1. The second kappa shape index (κ2) is 8.57. The van der Waals surface area contributed by atoms with Gasteiger partial charge >= 0.3 is 0 Å². The minimum atomic E-state index is -0.0913. The number of benzene rings is 2. The number of carbonyl (C=O) groups is 1. The molecule has 5 nitrogen and oxygen atoms in total. The number of rotatable bonds is 4. The Bertz CT molecular complexity index is 1320. The predicted octanol–water partition coefficient (Wildman–Crippen LogP) is 5.31. The molecule has 3 unspecified atom stereocenters. The standard InChI is InChI=1S/C26H31ClN4OS/c1-15-7-6-8-23-25(15)26(28-33-23)30-13-17(3)31(18(4)14-30)16(2)9-19-10-20-11-24(32)29(5)22(20)12-21(19)27/h6-8,10,12,16-18H,9,11,13-14H2,1-5H3/i10D,12D. The maximum atomic E-state index is 12.2. The number of aromatic nitrogens is 1. The van der Waals surface area contributed by atoms with Crippen LogP contribution in [-0.4, -0.2) is 53.4 Å². The quantitative estimate of drug-likeness (QED) is 0.503. The molecule has 5 rings (SSSR count). The third-order valence-electron chi connectivity index (χ3n) is 7.10. The molecule has 3 atom stereocenters. The molecular formula is C26H31ClN4OS. The highest BCUT2D eigenvalue weighted by molar-refractivity contribution is 7.13. The summed E-state index contributed by atoms with van der Waals surface area (Å²) in [7, 11) is 1.65. The Hall–Kier alpha value is -2.15. The minimum Gasteiger partial charge on any atom is -0.352 e. The van der Waals surface area contributed by atoms with Crippen LogP contribution < -0.4 is 9.80 Å². The Balaban J connectivity index is 1.39. The molecule has 33 heavy (non-hydrogen) atoms. The fourth-order valence-electron chi connectivity index (χ4n) is 5.64. The monoisotopic (exact) mass is 484 g/mol. The highest BCUT2D eigenvalue weighted by atomic mass is 35.5. The van der Waals surface area contributed by atoms with Crippen molar-refractivity contribution in [1.82, 2.24) is 9.27 Å². The van der Waals surface area contributed by atoms with Crippen molar-refractivity contribution >= 4 is 50.6 Å². The molecule has 1 aromatic heterocycles. The predicted molar refractivity (Wildman–Crippen MR) is 139 cm³/mol. The summed E-state index contributed by atoms with van der Waals surface area (Å²) in [5, 5.41) is 1.55. The first-order valence-electron chi connectivity index (χ1n) is 12.5. The molecule has 174 valence electrons. The molecule has 0 saturated carbocycles. The largest absolute Gasteiger partial charge is 0.352 e. The molecule has 3 heterocycles. The van der Waals surface area contributed by atoms with E-state index < -0.39 is 0 Å². The van der Waals surface area contributed by atoms with Crippen LogP contribution in [0.1, 0.15) is 40.2 Å². The molecule has 0 N–H and O–H groups in total. The Labute approximate surface area is 207 Å². The summed E-state index contributed by atoms with van der Waals surface area (Å²) in [5.74, 6) is 0.989. The van der Waals surface area contributed by atoms with Gasteiger partial charge in [0.1, 0.15) is 0 Å². The molecule has 1 fully saturated rings. The van der Waals surface area contributed by atoms with Crippen molar-refractivity contribution in [2.75, 3.05) is 29.9 Å². The number of amides is 1. The topological polar surface area (TPSA) is 39.7 Å². The number of hydrogen-bond acceptors (Lipinski definition) is 5. The van der Waals surface area contributed by atoms with Crippen LogP contribution in [0.4, 0.5) is 11.5 Å². The van der Waals surface area contributed by atoms with Crippen molar-refractivity contribution in [2.45, 2.75) is 58.7 Å². The summed E-state index contributed by atoms with van der Waals surface area (Å²) in [5.41, 5.74) is 3.05. The molecular weight excluding hydrogens is 452 g/mol. The average molecular weight is 485 g/mol. The Morgan fingerprint density at radius 1 is 1.27 bits per heavy atom. The first kappa shape index (κ1) is 20.2. The van der Waals surface area contributed by atoms with Gasteiger partial charge in [-0.25, -0.2) is 0 Å². The van der Waals surface area contributed by atoms with Gasteiger partial charge in [0.05, 0.1) is 13.9 Å². The second-order valence-electron chi connectivity index (χ2n) is 9.56. The van der Waals surface area contributed by atoms with Gasteiger partial charge < -0.3 is 9.80 Å². The van der Waals surface area contributed by atoms with Crippen molar-refractivity contribution in [2.24, 2.45) is 0 Å². The molecule has 2 aliphatic heterocycles. The average Bonchev–Trinajstić information content (AvgIpc) is 3.37. The van der Waals surface area contributed by atoms with E-state index in [1.807, 2.05) is 0 Å². The summed E-state index contributed by atoms with van der Waals surface area (Å²) < 4.78 is 23.4. The van der Waals surface area contributed by atoms with E-state index in [0.29, 0.717) is 34.3 Å². The van der Waals surface area contributed by atoms with Crippen LogP contribution in [0.15, 0.2) is 30.3 Å². The van der Waals surface area contributed by atoms with E-state index >= 15 is 0 Å². The number of nitrogens with zero attached hydrogens (tertiary/aromatic N) is 4. The molecule has 0 spiro atoms. The van der Waals surface area contributed by atoms with E-state index in [0.717, 1.165) is 18.9 Å². The fraction of sp³-hybridized carbons (Fsp3) is 0.462. The van der Waals surface area contributed by atoms with Crippen LogP contribution in [0, 0.1) is 6.92 Å². The van der Waals surface area contributed by atoms with Gasteiger partial charge in [-0.1, -0.05) is 29.8 Å². The second-order valence-corrected chi connectivity index (χ2v) is 10.7. The smallest absolute Gasteiger partial charge is 0.231 e. The van der Waals surface area contributed by atoms with Crippen LogP contribution in [0.2, 0.25) is 5.02 Å². The van der Waals surface area contributed by atoms with Crippen molar-refractivity contribution in [3.05, 3.63) is 52.0 Å². The number of piperazine rings is 1. The zero-order valence-corrected chi connectivity index (χ0v) is 21.3. The van der Waals surface area contributed by atoms with Gasteiger partial charge in [0.15, 0.2) is 5.82 Å². The molecule has 2 aliphatic rings. The summed E-state index contributed by atoms with van der Waals surface area (Å²) in [6, 6.07) is 7.53. The van der Waals surface area contributed by atoms with Crippen LogP contribution in [0.5, 0.6) is 0 Å². The normalized spacial score (nSPS) is 23.2. The van der Waals surface area contributed by atoms with Gasteiger partial charge in [-0.2, -0.15) is 4.37 Å². The summed E-state index contributed by atoms with van der Waals surface area (Å²) >= 11 is 8.19. The Kier molecular flexibility index (Phi) is 5.26. The van der Waals surface area contributed by atoms with Crippen molar-refractivity contribution in [1.29, 1.82) is 0 Å². The maximum Gasteiger partial charge on any atom is 0.231 e. The van der Waals surface area contributed by atoms with Crippen molar-refractivity contribution in [3.63, 3.8) is 0 Å². The molecule has 0 bridgehead atoms. The van der Waals surface area contributed by atoms with E-state index in [2.05, 4.69) is 55.7 Å². The summed E-state index contributed by atoms with van der Waals surface area (Å²) in [6.07, 6.45) is 0.740. The first-order chi connectivity index (χ1) is 16.6. The molecule has 1 amide bonds. The van der Waals surface area contributed by atoms with E-state index in [1.165, 1.54) is 20.5 Å². The Morgan fingerprint density at radius 3 is 2.73 bits per heavy atom. The lowest BCUT2D eigenvalue weighted by Crippen LogP contribution is -2.60. The molecule has 7 heteroatoms. The molecule has 0 radical (unpaired) electrons.